The number of nitrogens with zero attached hydrogens (tertiary/aromatic N) is 4. The summed E-state index contributed by atoms with van der Waals surface area (Å²) in [7, 11) is 0. The Labute approximate surface area is 243 Å². The molecule has 0 radical (unpaired) electrons. The number of carboxylic acids is 2. The van der Waals surface area contributed by atoms with Gasteiger partial charge in [0, 0.05) is 42.8 Å². The van der Waals surface area contributed by atoms with Crippen molar-refractivity contribution in [2.75, 3.05) is 5.32 Å². The van der Waals surface area contributed by atoms with Crippen LogP contribution in [0, 0.1) is 0 Å². The molecule has 17 heteroatoms. The number of aromatic nitrogens is 3. The second kappa shape index (κ2) is 14.1. The van der Waals surface area contributed by atoms with Crippen molar-refractivity contribution < 1.29 is 55.4 Å². The number of furan rings is 1. The maximum absolute atomic E-state index is 12.9. The molecule has 1 amide bonds. The van der Waals surface area contributed by atoms with Gasteiger partial charge < -0.3 is 24.8 Å². The summed E-state index contributed by atoms with van der Waals surface area (Å²) in [5, 5.41) is 17.5. The van der Waals surface area contributed by atoms with Crippen LogP contribution in [-0.2, 0) is 29.2 Å². The maximum atomic E-state index is 12.9. The number of carbonyl (C=O) groups excluding carboxylic acids is 1. The number of rotatable bonds is 4. The van der Waals surface area contributed by atoms with E-state index in [0.29, 0.717) is 31.3 Å². The number of nitrogens with one attached hydrogen (secondary N) is 1. The molecule has 0 saturated carbocycles. The summed E-state index contributed by atoms with van der Waals surface area (Å²) in [6.07, 6.45) is -3.31. The zero-order valence-corrected chi connectivity index (χ0v) is 22.1. The molecule has 1 aliphatic heterocycles. The molecule has 44 heavy (non-hydrogen) atoms. The molecule has 3 N–H and O–H groups in total. The Kier molecular flexibility index (Phi) is 10.6. The molecular formula is C27H21F6N5O6. The zero-order valence-electron chi connectivity index (χ0n) is 22.1. The van der Waals surface area contributed by atoms with Gasteiger partial charge in [0.25, 0.3) is 5.91 Å². The minimum absolute atomic E-state index is 0.151. The predicted molar refractivity (Wildman–Crippen MR) is 139 cm³/mol. The molecule has 0 spiro atoms. The normalized spacial score (nSPS) is 12.2. The Hall–Kier alpha value is -5.48. The first-order valence-electron chi connectivity index (χ1n) is 12.2. The number of alkyl halides is 6. The first kappa shape index (κ1) is 33.0. The molecule has 1 aromatic carbocycles. The van der Waals surface area contributed by atoms with Crippen molar-refractivity contribution in [3.05, 3.63) is 95.8 Å². The third-order valence-electron chi connectivity index (χ3n) is 5.54. The Bertz CT molecular complexity index is 1560. The van der Waals surface area contributed by atoms with Crippen molar-refractivity contribution in [1.29, 1.82) is 0 Å². The number of pyridine rings is 1. The Balaban J connectivity index is 0.000000317. The quantitative estimate of drug-likeness (QED) is 0.259. The molecule has 0 bridgehead atoms. The van der Waals surface area contributed by atoms with Crippen LogP contribution in [0.5, 0.6) is 0 Å². The fourth-order valence-electron chi connectivity index (χ4n) is 3.58. The van der Waals surface area contributed by atoms with Crippen molar-refractivity contribution in [3.8, 4) is 11.3 Å². The zero-order chi connectivity index (χ0) is 32.5. The molecule has 0 saturated heterocycles. The Morgan fingerprint density at radius 1 is 0.864 bits per heavy atom. The van der Waals surface area contributed by atoms with Gasteiger partial charge in [-0.15, -0.1) is 0 Å². The molecule has 3 aromatic heterocycles. The highest BCUT2D eigenvalue weighted by Gasteiger charge is 2.39. The van der Waals surface area contributed by atoms with Gasteiger partial charge in [-0.25, -0.2) is 19.6 Å². The largest absolute Gasteiger partial charge is 0.490 e. The van der Waals surface area contributed by atoms with Crippen molar-refractivity contribution in [2.45, 2.75) is 32.0 Å². The summed E-state index contributed by atoms with van der Waals surface area (Å²) >= 11 is 0. The van der Waals surface area contributed by atoms with Gasteiger partial charge in [0.2, 0.25) is 5.95 Å². The molecule has 0 unspecified atom stereocenters. The molecule has 0 atom stereocenters. The number of benzene rings is 1. The van der Waals surface area contributed by atoms with E-state index >= 15 is 0 Å². The average molecular weight is 625 g/mol. The first-order valence-corrected chi connectivity index (χ1v) is 12.2. The molecule has 1 aliphatic rings. The Morgan fingerprint density at radius 2 is 1.50 bits per heavy atom. The van der Waals surface area contributed by atoms with Crippen LogP contribution in [0.1, 0.15) is 27.2 Å². The molecule has 5 rings (SSSR count). The van der Waals surface area contributed by atoms with E-state index in [2.05, 4.69) is 15.3 Å². The van der Waals surface area contributed by atoms with Crippen LogP contribution in [0.3, 0.4) is 0 Å². The number of carbonyl (C=O) groups is 3. The van der Waals surface area contributed by atoms with Gasteiger partial charge in [0.1, 0.15) is 0 Å². The summed E-state index contributed by atoms with van der Waals surface area (Å²) < 4.78 is 68.8. The molecule has 4 heterocycles. The lowest BCUT2D eigenvalue weighted by Crippen LogP contribution is -2.29. The van der Waals surface area contributed by atoms with Gasteiger partial charge >= 0.3 is 24.3 Å². The van der Waals surface area contributed by atoms with Gasteiger partial charge in [-0.3, -0.25) is 9.78 Å². The summed E-state index contributed by atoms with van der Waals surface area (Å²) in [5.74, 6) is -4.80. The van der Waals surface area contributed by atoms with E-state index < -0.39 is 24.3 Å². The number of carboxylic acid groups (broad SMARTS) is 2. The van der Waals surface area contributed by atoms with E-state index in [1.165, 1.54) is 6.26 Å². The van der Waals surface area contributed by atoms with Crippen molar-refractivity contribution in [1.82, 2.24) is 19.9 Å². The molecular weight excluding hydrogens is 604 g/mol. The Morgan fingerprint density at radius 3 is 2.07 bits per heavy atom. The smallest absolute Gasteiger partial charge is 0.475 e. The van der Waals surface area contributed by atoms with Gasteiger partial charge in [-0.05, 0) is 29.3 Å². The highest BCUT2D eigenvalue weighted by molar-refractivity contribution is 5.92. The molecule has 0 fully saturated rings. The average Bonchev–Trinajstić information content (AvgIpc) is 3.46. The lowest BCUT2D eigenvalue weighted by Gasteiger charge is -2.20. The number of fused-ring (bicyclic) bond motifs is 3. The van der Waals surface area contributed by atoms with Gasteiger partial charge in [0.05, 0.1) is 18.5 Å². The first-order chi connectivity index (χ1) is 20.7. The monoisotopic (exact) mass is 625 g/mol. The van der Waals surface area contributed by atoms with Crippen LogP contribution in [0.2, 0.25) is 0 Å². The maximum Gasteiger partial charge on any atom is 0.490 e. The second-order valence-electron chi connectivity index (χ2n) is 8.68. The predicted octanol–water partition coefficient (Wildman–Crippen LogP) is 5.17. The minimum Gasteiger partial charge on any atom is -0.475 e. The summed E-state index contributed by atoms with van der Waals surface area (Å²) in [6, 6.07) is 15.3. The molecule has 4 aromatic rings. The number of hydrogen-bond acceptors (Lipinski definition) is 8. The summed E-state index contributed by atoms with van der Waals surface area (Å²) in [4.78, 5) is 45.9. The van der Waals surface area contributed by atoms with Gasteiger partial charge in [0.15, 0.2) is 5.76 Å². The third-order valence-corrected chi connectivity index (χ3v) is 5.54. The van der Waals surface area contributed by atoms with Crippen LogP contribution < -0.4 is 5.32 Å². The van der Waals surface area contributed by atoms with E-state index in [0.717, 1.165) is 27.9 Å². The lowest BCUT2D eigenvalue weighted by molar-refractivity contribution is -0.193. The van der Waals surface area contributed by atoms with Crippen LogP contribution in [0.15, 0.2) is 77.8 Å². The third kappa shape index (κ3) is 9.27. The second-order valence-corrected chi connectivity index (χ2v) is 8.68. The van der Waals surface area contributed by atoms with Crippen LogP contribution in [0.25, 0.3) is 11.3 Å². The molecule has 0 aliphatic carbocycles. The highest BCUT2D eigenvalue weighted by Crippen LogP contribution is 2.32. The number of anilines is 1. The molecule has 232 valence electrons. The van der Waals surface area contributed by atoms with E-state index in [-0.39, 0.29) is 5.91 Å². The topological polar surface area (TPSA) is 159 Å². The van der Waals surface area contributed by atoms with E-state index in [9.17, 15) is 31.1 Å². The standard InChI is InChI=1S/C23H19N5O2.2C2HF3O2/c29-22(20-8-4-10-30-20)28-14-17-6-1-2-7-19(17)21-18(15-28)13-26-23(27-21)25-12-16-5-3-9-24-11-16;2*3-2(4,5)1(6)7/h1-11,13H,12,14-15H2,(H,25,26,27);2*(H,6,7). The molecule has 11 nitrogen and oxygen atoms in total. The van der Waals surface area contributed by atoms with Gasteiger partial charge in [-0.2, -0.15) is 26.3 Å². The van der Waals surface area contributed by atoms with Crippen LogP contribution >= 0.6 is 0 Å². The number of amides is 1. The van der Waals surface area contributed by atoms with Crippen molar-refractivity contribution in [3.63, 3.8) is 0 Å². The fraction of sp³-hybridized carbons (Fsp3) is 0.185. The summed E-state index contributed by atoms with van der Waals surface area (Å²) in [6.45, 7) is 1.47. The minimum atomic E-state index is -5.08. The van der Waals surface area contributed by atoms with E-state index in [4.69, 9.17) is 29.2 Å². The van der Waals surface area contributed by atoms with Crippen LogP contribution in [-0.4, -0.2) is 60.3 Å². The number of hydrogen-bond donors (Lipinski definition) is 3. The van der Waals surface area contributed by atoms with Crippen molar-refractivity contribution >= 4 is 23.8 Å². The van der Waals surface area contributed by atoms with E-state index in [1.54, 1.807) is 29.4 Å². The fourth-order valence-corrected chi connectivity index (χ4v) is 3.58. The number of halogens is 6. The van der Waals surface area contributed by atoms with Crippen LogP contribution in [0.4, 0.5) is 32.3 Å². The highest BCUT2D eigenvalue weighted by atomic mass is 19.4. The SMILES string of the molecule is O=C(O)C(F)(F)F.O=C(O)C(F)(F)F.O=C(c1ccco1)N1Cc2ccccc2-c2nc(NCc3cccnc3)ncc2C1. The van der Waals surface area contributed by atoms with Crippen molar-refractivity contribution in [2.24, 2.45) is 0 Å². The summed E-state index contributed by atoms with van der Waals surface area (Å²) in [5.41, 5.74) is 4.82. The lowest BCUT2D eigenvalue weighted by atomic mass is 10.0. The number of aliphatic carboxylic acids is 2. The van der Waals surface area contributed by atoms with Gasteiger partial charge in [-0.1, -0.05) is 30.3 Å². The van der Waals surface area contributed by atoms with E-state index in [1.807, 2.05) is 42.6 Å².